The topological polar surface area (TPSA) is 59.7 Å². The lowest BCUT2D eigenvalue weighted by atomic mass is 10.1. The summed E-state index contributed by atoms with van der Waals surface area (Å²) in [5, 5.41) is 10.8. The number of carbonyl (C=O) groups excluding carboxylic acids is 1. The monoisotopic (exact) mass is 372 g/mol. The minimum absolute atomic E-state index is 0.0194. The lowest BCUT2D eigenvalue weighted by Gasteiger charge is -2.23. The Balaban J connectivity index is 1.32. The molecule has 1 amide bonds. The van der Waals surface area contributed by atoms with Crippen LogP contribution in [0.5, 0.6) is 5.75 Å². The maximum Gasteiger partial charge on any atom is 0.261 e. The number of rotatable bonds is 4. The predicted molar refractivity (Wildman–Crippen MR) is 106 cm³/mol. The number of fused-ring (bicyclic) bond motifs is 2. The molecule has 0 aliphatic carbocycles. The first-order valence-electron chi connectivity index (χ1n) is 9.50. The highest BCUT2D eigenvalue weighted by atomic mass is 16.5. The number of amides is 1. The number of hydrogen-bond donors (Lipinski definition) is 0. The van der Waals surface area contributed by atoms with Crippen molar-refractivity contribution < 1.29 is 9.53 Å². The molecule has 6 nitrogen and oxygen atoms in total. The third-order valence-corrected chi connectivity index (χ3v) is 5.29. The van der Waals surface area contributed by atoms with E-state index in [2.05, 4.69) is 16.3 Å². The van der Waals surface area contributed by atoms with Gasteiger partial charge >= 0.3 is 0 Å². The average molecular weight is 372 g/mol. The van der Waals surface area contributed by atoms with Crippen LogP contribution < -0.4 is 4.74 Å². The molecule has 1 fully saturated rings. The second kappa shape index (κ2) is 6.96. The molecule has 0 spiro atoms. The van der Waals surface area contributed by atoms with Crippen LogP contribution in [0.2, 0.25) is 0 Å². The number of likely N-dealkylation sites (tertiary alicyclic amines) is 1. The molecule has 0 saturated carbocycles. The first-order chi connectivity index (χ1) is 13.8. The Kier molecular flexibility index (Phi) is 4.16. The van der Waals surface area contributed by atoms with Gasteiger partial charge in [0.25, 0.3) is 5.91 Å². The van der Waals surface area contributed by atoms with Gasteiger partial charge in [0.15, 0.2) is 18.1 Å². The van der Waals surface area contributed by atoms with E-state index in [0.29, 0.717) is 12.3 Å². The molecule has 0 unspecified atom stereocenters. The Hall–Kier alpha value is -3.41. The quantitative estimate of drug-likeness (QED) is 0.549. The van der Waals surface area contributed by atoms with Crippen LogP contribution in [0, 0.1) is 0 Å². The second-order valence-corrected chi connectivity index (χ2v) is 7.03. The highest BCUT2D eigenvalue weighted by Crippen LogP contribution is 2.31. The maximum absolute atomic E-state index is 12.9. The fourth-order valence-electron chi connectivity index (χ4n) is 3.91. The Morgan fingerprint density at radius 3 is 2.82 bits per heavy atom. The van der Waals surface area contributed by atoms with Gasteiger partial charge in [-0.05, 0) is 47.9 Å². The predicted octanol–water partition coefficient (Wildman–Crippen LogP) is 3.63. The van der Waals surface area contributed by atoms with Gasteiger partial charge in [0, 0.05) is 12.7 Å². The van der Waals surface area contributed by atoms with Crippen LogP contribution in [-0.2, 0) is 4.79 Å². The lowest BCUT2D eigenvalue weighted by molar-refractivity contribution is -0.134. The van der Waals surface area contributed by atoms with E-state index in [4.69, 9.17) is 4.74 Å². The molecule has 28 heavy (non-hydrogen) atoms. The fraction of sp³-hybridized carbons (Fsp3) is 0.227. The van der Waals surface area contributed by atoms with Crippen LogP contribution in [0.15, 0.2) is 66.9 Å². The molecule has 4 aromatic rings. The highest BCUT2D eigenvalue weighted by molar-refractivity contribution is 5.84. The smallest absolute Gasteiger partial charge is 0.261 e. The molecule has 5 rings (SSSR count). The van der Waals surface area contributed by atoms with E-state index in [0.717, 1.165) is 35.1 Å². The van der Waals surface area contributed by atoms with Crippen molar-refractivity contribution >= 4 is 22.3 Å². The SMILES string of the molecule is O=C(COc1ccc2ccccc2c1)N1CCC[C@H]1c1nnc2ccccn12. The minimum Gasteiger partial charge on any atom is -0.484 e. The standard InChI is InChI=1S/C22H20N4O2/c27-21(15-28-18-11-10-16-6-1-2-7-17(16)14-18)25-13-5-8-19(25)22-24-23-20-9-3-4-12-26(20)22/h1-4,6-7,9-12,14,19H,5,8,13,15H2/t19-/m0/s1. The summed E-state index contributed by atoms with van der Waals surface area (Å²) in [5.74, 6) is 1.49. The fourth-order valence-corrected chi connectivity index (χ4v) is 3.91. The molecule has 0 N–H and O–H groups in total. The molecule has 1 saturated heterocycles. The molecule has 2 aromatic carbocycles. The largest absolute Gasteiger partial charge is 0.484 e. The number of ether oxygens (including phenoxy) is 1. The Labute approximate surface area is 162 Å². The summed E-state index contributed by atoms with van der Waals surface area (Å²) in [6, 6.07) is 19.7. The number of hydrogen-bond acceptors (Lipinski definition) is 4. The van der Waals surface area contributed by atoms with E-state index >= 15 is 0 Å². The summed E-state index contributed by atoms with van der Waals surface area (Å²) >= 11 is 0. The molecule has 140 valence electrons. The zero-order valence-corrected chi connectivity index (χ0v) is 15.4. The molecule has 1 aliphatic heterocycles. The summed E-state index contributed by atoms with van der Waals surface area (Å²) in [5.41, 5.74) is 0.796. The molecule has 1 aliphatic rings. The first-order valence-corrected chi connectivity index (χ1v) is 9.50. The maximum atomic E-state index is 12.9. The number of pyridine rings is 1. The van der Waals surface area contributed by atoms with Crippen molar-refractivity contribution in [1.29, 1.82) is 0 Å². The summed E-state index contributed by atoms with van der Waals surface area (Å²) in [7, 11) is 0. The van der Waals surface area contributed by atoms with Crippen molar-refractivity contribution in [2.24, 2.45) is 0 Å². The zero-order valence-electron chi connectivity index (χ0n) is 15.4. The van der Waals surface area contributed by atoms with Crippen LogP contribution in [0.4, 0.5) is 0 Å². The third-order valence-electron chi connectivity index (χ3n) is 5.29. The third kappa shape index (κ3) is 2.97. The molecule has 3 heterocycles. The van der Waals surface area contributed by atoms with Gasteiger partial charge in [-0.3, -0.25) is 9.20 Å². The van der Waals surface area contributed by atoms with E-state index in [-0.39, 0.29) is 18.6 Å². The van der Waals surface area contributed by atoms with Gasteiger partial charge in [-0.25, -0.2) is 0 Å². The van der Waals surface area contributed by atoms with E-state index in [1.807, 2.05) is 70.1 Å². The average Bonchev–Trinajstić information content (AvgIpc) is 3.38. The summed E-state index contributed by atoms with van der Waals surface area (Å²) < 4.78 is 7.77. The van der Waals surface area contributed by atoms with E-state index in [1.54, 1.807) is 0 Å². The van der Waals surface area contributed by atoms with Crippen molar-refractivity contribution in [3.63, 3.8) is 0 Å². The van der Waals surface area contributed by atoms with Crippen molar-refractivity contribution in [1.82, 2.24) is 19.5 Å². The number of carbonyl (C=O) groups is 1. The van der Waals surface area contributed by atoms with E-state index in [9.17, 15) is 4.79 Å². The van der Waals surface area contributed by atoms with Crippen molar-refractivity contribution in [3.8, 4) is 5.75 Å². The Morgan fingerprint density at radius 1 is 1.04 bits per heavy atom. The Morgan fingerprint density at radius 2 is 1.89 bits per heavy atom. The van der Waals surface area contributed by atoms with Gasteiger partial charge in [0.05, 0.1) is 6.04 Å². The molecule has 6 heteroatoms. The van der Waals surface area contributed by atoms with Crippen LogP contribution in [-0.4, -0.2) is 38.6 Å². The number of aromatic nitrogens is 3. The van der Waals surface area contributed by atoms with Crippen LogP contribution in [0.1, 0.15) is 24.7 Å². The van der Waals surface area contributed by atoms with E-state index in [1.165, 1.54) is 0 Å². The molecule has 0 radical (unpaired) electrons. The normalized spacial score (nSPS) is 16.7. The lowest BCUT2D eigenvalue weighted by Crippen LogP contribution is -2.35. The van der Waals surface area contributed by atoms with Gasteiger partial charge in [-0.15, -0.1) is 10.2 Å². The van der Waals surface area contributed by atoms with Crippen LogP contribution in [0.25, 0.3) is 16.4 Å². The molecular weight excluding hydrogens is 352 g/mol. The van der Waals surface area contributed by atoms with E-state index < -0.39 is 0 Å². The molecule has 2 aromatic heterocycles. The molecular formula is C22H20N4O2. The van der Waals surface area contributed by atoms with Crippen LogP contribution >= 0.6 is 0 Å². The minimum atomic E-state index is -0.0647. The first kappa shape index (κ1) is 16.7. The van der Waals surface area contributed by atoms with Gasteiger partial charge < -0.3 is 9.64 Å². The van der Waals surface area contributed by atoms with Gasteiger partial charge in [0.1, 0.15) is 5.75 Å². The van der Waals surface area contributed by atoms with Crippen LogP contribution in [0.3, 0.4) is 0 Å². The summed E-state index contributed by atoms with van der Waals surface area (Å²) in [4.78, 5) is 14.7. The van der Waals surface area contributed by atoms with Gasteiger partial charge in [-0.1, -0.05) is 36.4 Å². The number of nitrogens with zero attached hydrogens (tertiary/aromatic N) is 4. The highest BCUT2D eigenvalue weighted by Gasteiger charge is 2.33. The van der Waals surface area contributed by atoms with Crippen molar-refractivity contribution in [2.75, 3.05) is 13.2 Å². The van der Waals surface area contributed by atoms with Gasteiger partial charge in [-0.2, -0.15) is 0 Å². The summed E-state index contributed by atoms with van der Waals surface area (Å²) in [6.45, 7) is 0.734. The zero-order chi connectivity index (χ0) is 18.9. The second-order valence-electron chi connectivity index (χ2n) is 7.03. The van der Waals surface area contributed by atoms with Gasteiger partial charge in [0.2, 0.25) is 0 Å². The molecule has 0 bridgehead atoms. The van der Waals surface area contributed by atoms with Crippen molar-refractivity contribution in [2.45, 2.75) is 18.9 Å². The summed E-state index contributed by atoms with van der Waals surface area (Å²) in [6.07, 6.45) is 3.78. The Bertz CT molecular complexity index is 1150. The van der Waals surface area contributed by atoms with Crippen molar-refractivity contribution in [3.05, 3.63) is 72.7 Å². The number of benzene rings is 2. The molecule has 1 atom stereocenters.